The molecule has 192 valence electrons. The Labute approximate surface area is 211 Å². The first-order valence-electron chi connectivity index (χ1n) is 12.4. The number of amides is 3. The molecular formula is C27H25F3N4O3. The van der Waals surface area contributed by atoms with Crippen LogP contribution in [0.1, 0.15) is 37.7 Å². The van der Waals surface area contributed by atoms with Gasteiger partial charge in [-0.15, -0.1) is 13.2 Å². The van der Waals surface area contributed by atoms with E-state index in [4.69, 9.17) is 4.98 Å². The highest BCUT2D eigenvalue weighted by Crippen LogP contribution is 2.50. The van der Waals surface area contributed by atoms with Gasteiger partial charge in [-0.05, 0) is 74.1 Å². The molecule has 2 aromatic carbocycles. The molecule has 7 nitrogen and oxygen atoms in total. The average molecular weight is 511 g/mol. The maximum Gasteiger partial charge on any atom is 0.573 e. The predicted molar refractivity (Wildman–Crippen MR) is 131 cm³/mol. The normalized spacial score (nSPS) is 19.3. The van der Waals surface area contributed by atoms with Crippen molar-refractivity contribution in [2.24, 2.45) is 0 Å². The van der Waals surface area contributed by atoms with Crippen LogP contribution in [0.2, 0.25) is 0 Å². The van der Waals surface area contributed by atoms with Gasteiger partial charge < -0.3 is 14.5 Å². The van der Waals surface area contributed by atoms with E-state index in [1.54, 1.807) is 4.90 Å². The highest BCUT2D eigenvalue weighted by molar-refractivity contribution is 6.24. The number of nitrogens with zero attached hydrogens (tertiary/aromatic N) is 4. The molecule has 1 aromatic heterocycles. The lowest BCUT2D eigenvalue weighted by Gasteiger charge is -2.29. The monoisotopic (exact) mass is 510 g/mol. The number of fused-ring (bicyclic) bond motifs is 1. The van der Waals surface area contributed by atoms with E-state index in [0.717, 1.165) is 65.2 Å². The smallest absolute Gasteiger partial charge is 0.406 e. The minimum absolute atomic E-state index is 0.215. The van der Waals surface area contributed by atoms with Crippen LogP contribution in [0.15, 0.2) is 54.6 Å². The van der Waals surface area contributed by atoms with Crippen LogP contribution < -0.4 is 14.5 Å². The number of ether oxygens (including phenoxy) is 1. The molecule has 1 spiro atoms. The number of benzene rings is 2. The molecule has 3 fully saturated rings. The second kappa shape index (κ2) is 8.64. The van der Waals surface area contributed by atoms with E-state index >= 15 is 0 Å². The van der Waals surface area contributed by atoms with E-state index in [1.165, 1.54) is 18.6 Å². The van der Waals surface area contributed by atoms with E-state index in [0.29, 0.717) is 12.8 Å². The summed E-state index contributed by atoms with van der Waals surface area (Å²) in [5.74, 6) is 0.103. The third-order valence-electron chi connectivity index (χ3n) is 7.39. The van der Waals surface area contributed by atoms with Gasteiger partial charge in [-0.2, -0.15) is 0 Å². The van der Waals surface area contributed by atoms with Gasteiger partial charge in [0.15, 0.2) is 0 Å². The number of para-hydroxylation sites is 1. The Bertz CT molecular complexity index is 1370. The van der Waals surface area contributed by atoms with Crippen LogP contribution in [0.25, 0.3) is 10.9 Å². The van der Waals surface area contributed by atoms with Crippen molar-refractivity contribution in [2.45, 2.75) is 50.6 Å². The number of carbonyl (C=O) groups is 2. The van der Waals surface area contributed by atoms with Crippen LogP contribution >= 0.6 is 0 Å². The third-order valence-corrected chi connectivity index (χ3v) is 7.39. The lowest BCUT2D eigenvalue weighted by atomic mass is 10.1. The summed E-state index contributed by atoms with van der Waals surface area (Å²) in [7, 11) is 0. The van der Waals surface area contributed by atoms with Crippen LogP contribution in [0.5, 0.6) is 5.75 Å². The zero-order valence-corrected chi connectivity index (χ0v) is 20.0. The fraction of sp³-hybridized carbons (Fsp3) is 0.370. The topological polar surface area (TPSA) is 66.0 Å². The fourth-order valence-corrected chi connectivity index (χ4v) is 5.38. The molecule has 0 radical (unpaired) electrons. The Hall–Kier alpha value is -3.82. The minimum atomic E-state index is -4.82. The van der Waals surface area contributed by atoms with Gasteiger partial charge in [-0.1, -0.05) is 18.2 Å². The van der Waals surface area contributed by atoms with Gasteiger partial charge in [0, 0.05) is 25.0 Å². The number of hydrogen-bond donors (Lipinski definition) is 0. The van der Waals surface area contributed by atoms with Gasteiger partial charge >= 0.3 is 12.4 Å². The largest absolute Gasteiger partial charge is 0.573 e. The summed E-state index contributed by atoms with van der Waals surface area (Å²) in [5.41, 5.74) is 1.04. The van der Waals surface area contributed by atoms with Crippen LogP contribution in [0, 0.1) is 0 Å². The lowest BCUT2D eigenvalue weighted by molar-refractivity contribution is -0.274. The molecule has 2 saturated heterocycles. The van der Waals surface area contributed by atoms with Gasteiger partial charge in [0.2, 0.25) is 0 Å². The highest BCUT2D eigenvalue weighted by Gasteiger charge is 2.65. The Morgan fingerprint density at radius 2 is 1.65 bits per heavy atom. The zero-order chi connectivity index (χ0) is 25.8. The molecule has 2 aliphatic heterocycles. The zero-order valence-electron chi connectivity index (χ0n) is 20.0. The minimum Gasteiger partial charge on any atom is -0.406 e. The number of piperidine rings is 1. The summed E-state index contributed by atoms with van der Waals surface area (Å²) < 4.78 is 41.5. The molecule has 0 unspecified atom stereocenters. The first-order valence-corrected chi connectivity index (χ1v) is 12.4. The number of alkyl halides is 3. The van der Waals surface area contributed by atoms with Crippen molar-refractivity contribution in [3.63, 3.8) is 0 Å². The summed E-state index contributed by atoms with van der Waals surface area (Å²) >= 11 is 0. The van der Waals surface area contributed by atoms with E-state index in [1.807, 2.05) is 30.3 Å². The van der Waals surface area contributed by atoms with Crippen molar-refractivity contribution in [3.05, 3.63) is 60.2 Å². The molecule has 3 aromatic rings. The van der Waals surface area contributed by atoms with Gasteiger partial charge in [0.25, 0.3) is 5.91 Å². The second-order valence-corrected chi connectivity index (χ2v) is 9.79. The molecule has 6 rings (SSSR count). The number of hydrogen-bond acceptors (Lipinski definition) is 5. The van der Waals surface area contributed by atoms with E-state index in [9.17, 15) is 22.8 Å². The van der Waals surface area contributed by atoms with Crippen molar-refractivity contribution >= 4 is 34.3 Å². The molecule has 3 aliphatic rings. The van der Waals surface area contributed by atoms with Crippen LogP contribution in [-0.2, 0) is 11.3 Å². The quantitative estimate of drug-likeness (QED) is 0.417. The fourth-order valence-electron chi connectivity index (χ4n) is 5.38. The van der Waals surface area contributed by atoms with Crippen LogP contribution in [0.3, 0.4) is 0 Å². The highest BCUT2D eigenvalue weighted by atomic mass is 19.4. The van der Waals surface area contributed by atoms with E-state index in [-0.39, 0.29) is 18.1 Å². The summed E-state index contributed by atoms with van der Waals surface area (Å²) in [4.78, 5) is 36.8. The molecule has 3 heterocycles. The van der Waals surface area contributed by atoms with Gasteiger partial charge in [0.1, 0.15) is 17.1 Å². The molecule has 10 heteroatoms. The number of urea groups is 1. The maximum atomic E-state index is 13.6. The number of imide groups is 1. The number of anilines is 2. The van der Waals surface area contributed by atoms with Crippen molar-refractivity contribution in [3.8, 4) is 5.75 Å². The van der Waals surface area contributed by atoms with E-state index < -0.39 is 23.7 Å². The maximum absolute atomic E-state index is 13.6. The van der Waals surface area contributed by atoms with Crippen molar-refractivity contribution in [2.75, 3.05) is 22.9 Å². The molecule has 0 bridgehead atoms. The molecule has 1 aliphatic carbocycles. The molecule has 0 N–H and O–H groups in total. The van der Waals surface area contributed by atoms with Crippen LogP contribution in [0.4, 0.5) is 29.5 Å². The van der Waals surface area contributed by atoms with Crippen LogP contribution in [-0.4, -0.2) is 46.8 Å². The molecule has 37 heavy (non-hydrogen) atoms. The average Bonchev–Trinajstić information content (AvgIpc) is 3.66. The lowest BCUT2D eigenvalue weighted by Crippen LogP contribution is -2.36. The standard InChI is InChI=1S/C27H25F3N4O3/c28-27(29,30)37-20-10-8-19(9-11-20)34-24(35)26(12-13-26)33(25(34)36)17-18-16-23(32-14-4-1-5-15-32)31-22-7-3-2-6-21(18)22/h2-3,6-11,16H,1,4-5,12-15,17H2. The Kier molecular flexibility index (Phi) is 5.50. The SMILES string of the molecule is O=C1N(c2ccc(OC(F)(F)F)cc2)C(=O)C2(CC2)N1Cc1cc(N2CCCCC2)nc2ccccc12. The first-order chi connectivity index (χ1) is 17.7. The molecule has 1 saturated carbocycles. The number of pyridine rings is 1. The predicted octanol–water partition coefficient (Wildman–Crippen LogP) is 5.63. The van der Waals surface area contributed by atoms with Crippen molar-refractivity contribution < 1.29 is 27.5 Å². The number of halogens is 3. The van der Waals surface area contributed by atoms with Crippen molar-refractivity contribution in [1.82, 2.24) is 9.88 Å². The summed E-state index contributed by atoms with van der Waals surface area (Å²) in [6.07, 6.45) is -0.322. The molecule has 3 amide bonds. The Balaban J connectivity index is 1.32. The Morgan fingerprint density at radius 3 is 2.32 bits per heavy atom. The molecular weight excluding hydrogens is 485 g/mol. The molecule has 0 atom stereocenters. The van der Waals surface area contributed by atoms with Gasteiger partial charge in [0.05, 0.1) is 11.2 Å². The second-order valence-electron chi connectivity index (χ2n) is 9.79. The third kappa shape index (κ3) is 4.24. The van der Waals surface area contributed by atoms with E-state index in [2.05, 4.69) is 9.64 Å². The number of rotatable bonds is 5. The summed E-state index contributed by atoms with van der Waals surface area (Å²) in [5, 5.41) is 0.923. The summed E-state index contributed by atoms with van der Waals surface area (Å²) in [6, 6.07) is 14.1. The number of carbonyl (C=O) groups excluding carboxylic acids is 2. The van der Waals surface area contributed by atoms with Gasteiger partial charge in [-0.3, -0.25) is 4.79 Å². The Morgan fingerprint density at radius 1 is 0.946 bits per heavy atom. The first kappa shape index (κ1) is 23.6. The number of aromatic nitrogens is 1. The van der Waals surface area contributed by atoms with Crippen molar-refractivity contribution in [1.29, 1.82) is 0 Å². The summed E-state index contributed by atoms with van der Waals surface area (Å²) in [6.45, 7) is 2.09. The van der Waals surface area contributed by atoms with Gasteiger partial charge in [-0.25, -0.2) is 14.7 Å².